The summed E-state index contributed by atoms with van der Waals surface area (Å²) in [5.74, 6) is 0.274. The zero-order chi connectivity index (χ0) is 10.2. The fourth-order valence-electron chi connectivity index (χ4n) is 1.62. The monoisotopic (exact) mass is 244 g/mol. The topological polar surface area (TPSA) is 44.8 Å². The Kier molecular flexibility index (Phi) is 4.66. The third-order valence-corrected chi connectivity index (χ3v) is 2.26. The van der Waals surface area contributed by atoms with Crippen LogP contribution in [-0.2, 0) is 0 Å². The summed E-state index contributed by atoms with van der Waals surface area (Å²) in [5.41, 5.74) is 0. The summed E-state index contributed by atoms with van der Waals surface area (Å²) in [6.07, 6.45) is 0.695. The molecular weight excluding hydrogens is 235 g/mol. The third kappa shape index (κ3) is 3.74. The van der Waals surface area contributed by atoms with Gasteiger partial charge in [0.1, 0.15) is 6.33 Å². The summed E-state index contributed by atoms with van der Waals surface area (Å²) in [7, 11) is 0. The summed E-state index contributed by atoms with van der Waals surface area (Å²) in [4.78, 5) is 5.60. The molecule has 0 bridgehead atoms. The summed E-state index contributed by atoms with van der Waals surface area (Å²) in [6.45, 7) is -3.83. The fraction of sp³-hybridized carbons (Fsp3) is 0.667. The van der Waals surface area contributed by atoms with Gasteiger partial charge in [-0.25, -0.2) is 5.10 Å². The van der Waals surface area contributed by atoms with E-state index >= 15 is 0 Å². The molecule has 0 amide bonds. The number of nitrogens with zero attached hydrogens (tertiary/aromatic N) is 3. The Morgan fingerprint density at radius 2 is 2.13 bits per heavy atom. The first-order valence-corrected chi connectivity index (χ1v) is 4.36. The Morgan fingerprint density at radius 3 is 2.60 bits per heavy atom. The van der Waals surface area contributed by atoms with Gasteiger partial charge in [0, 0.05) is 13.1 Å². The molecule has 0 atom stereocenters. The molecule has 1 fully saturated rings. The number of aromatic nitrogens is 3. The van der Waals surface area contributed by atoms with Gasteiger partial charge in [-0.3, -0.25) is 0 Å². The van der Waals surface area contributed by atoms with Crippen LogP contribution in [0.4, 0.5) is 18.9 Å². The largest absolute Gasteiger partial charge is 1.00 e. The quantitative estimate of drug-likeness (QED) is 0.631. The van der Waals surface area contributed by atoms with Crippen molar-refractivity contribution < 1.29 is 64.3 Å². The van der Waals surface area contributed by atoms with Crippen LogP contribution in [0, 0.1) is 5.92 Å². The molecule has 1 saturated heterocycles. The van der Waals surface area contributed by atoms with E-state index in [1.165, 1.54) is 6.33 Å². The number of nitrogens with one attached hydrogen (secondary N) is 1. The van der Waals surface area contributed by atoms with Gasteiger partial charge in [-0.15, -0.1) is 0 Å². The number of halogens is 3. The van der Waals surface area contributed by atoms with E-state index in [0.717, 1.165) is 0 Å². The second kappa shape index (κ2) is 5.17. The minimum atomic E-state index is -4.65. The van der Waals surface area contributed by atoms with Crippen molar-refractivity contribution >= 4 is 12.9 Å². The molecule has 2 rings (SSSR count). The maximum Gasteiger partial charge on any atom is 1.00 e. The molecule has 1 aliphatic heterocycles. The van der Waals surface area contributed by atoms with Crippen LogP contribution in [0.2, 0.25) is 6.32 Å². The average Bonchev–Trinajstić information content (AvgIpc) is 2.45. The smallest absolute Gasteiger partial charge is 0.449 e. The molecule has 78 valence electrons. The molecule has 1 aliphatic rings. The first-order chi connectivity index (χ1) is 6.54. The van der Waals surface area contributed by atoms with E-state index in [1.54, 1.807) is 4.90 Å². The average molecular weight is 244 g/mol. The van der Waals surface area contributed by atoms with Gasteiger partial charge in [0.05, 0.1) is 0 Å². The van der Waals surface area contributed by atoms with Gasteiger partial charge in [0.15, 0.2) is 0 Å². The number of hydrogen-bond donors (Lipinski definition) is 1. The molecular formula is C6H9BF3KN4. The Morgan fingerprint density at radius 1 is 1.47 bits per heavy atom. The van der Waals surface area contributed by atoms with Crippen LogP contribution in [0.15, 0.2) is 6.33 Å². The molecule has 0 aromatic carbocycles. The van der Waals surface area contributed by atoms with Gasteiger partial charge in [0.25, 0.3) is 0 Å². The van der Waals surface area contributed by atoms with Crippen molar-refractivity contribution in [3.8, 4) is 0 Å². The standard InChI is InChI=1S/C6H9BF3N4.K/c8-7(9,10)1-5-2-14(3-5)6-11-4-12-13-6;/h4-5H,1-3H2,(H,11,12,13);/q-1;+1. The van der Waals surface area contributed by atoms with Gasteiger partial charge in [-0.05, 0) is 5.92 Å². The number of rotatable bonds is 3. The van der Waals surface area contributed by atoms with Crippen molar-refractivity contribution in [2.75, 3.05) is 18.0 Å². The number of H-pyrrole nitrogens is 1. The van der Waals surface area contributed by atoms with E-state index < -0.39 is 13.3 Å². The summed E-state index contributed by atoms with van der Waals surface area (Å²) < 4.78 is 36.0. The Bertz CT molecular complexity index is 298. The number of hydrogen-bond acceptors (Lipinski definition) is 3. The van der Waals surface area contributed by atoms with Crippen molar-refractivity contribution in [1.82, 2.24) is 15.2 Å². The Balaban J connectivity index is 0.00000112. The van der Waals surface area contributed by atoms with Gasteiger partial charge in [0.2, 0.25) is 5.95 Å². The maximum atomic E-state index is 12.0. The Hall–Kier alpha value is 0.431. The van der Waals surface area contributed by atoms with E-state index in [0.29, 0.717) is 19.0 Å². The third-order valence-electron chi connectivity index (χ3n) is 2.26. The van der Waals surface area contributed by atoms with E-state index in [9.17, 15) is 12.9 Å². The van der Waals surface area contributed by atoms with E-state index in [-0.39, 0.29) is 57.3 Å². The molecule has 0 radical (unpaired) electrons. The van der Waals surface area contributed by atoms with Crippen molar-refractivity contribution in [2.45, 2.75) is 6.32 Å². The minimum Gasteiger partial charge on any atom is -0.449 e. The fourth-order valence-corrected chi connectivity index (χ4v) is 1.62. The number of anilines is 1. The van der Waals surface area contributed by atoms with Crippen LogP contribution >= 0.6 is 0 Å². The van der Waals surface area contributed by atoms with E-state index in [1.807, 2.05) is 0 Å². The molecule has 9 heteroatoms. The van der Waals surface area contributed by atoms with Crippen LogP contribution < -0.4 is 56.3 Å². The van der Waals surface area contributed by atoms with Gasteiger partial charge in [-0.2, -0.15) is 10.1 Å². The van der Waals surface area contributed by atoms with Crippen molar-refractivity contribution in [3.05, 3.63) is 6.33 Å². The number of aromatic amines is 1. The van der Waals surface area contributed by atoms with Gasteiger partial charge >= 0.3 is 58.4 Å². The predicted octanol–water partition coefficient (Wildman–Crippen LogP) is -1.91. The second-order valence-electron chi connectivity index (χ2n) is 3.53. The van der Waals surface area contributed by atoms with Crippen molar-refractivity contribution in [2.24, 2.45) is 5.92 Å². The SMILES string of the molecule is F[B-](F)(F)CC1CN(c2ncn[nH]2)C1.[K+]. The predicted molar refractivity (Wildman–Crippen MR) is 46.0 cm³/mol. The van der Waals surface area contributed by atoms with E-state index in [4.69, 9.17) is 0 Å². The molecule has 1 aromatic heterocycles. The summed E-state index contributed by atoms with van der Waals surface area (Å²) in [5, 5.41) is 6.24. The van der Waals surface area contributed by atoms with E-state index in [2.05, 4.69) is 15.2 Å². The molecule has 1 N–H and O–H groups in total. The normalized spacial score (nSPS) is 17.1. The van der Waals surface area contributed by atoms with Crippen molar-refractivity contribution in [1.29, 1.82) is 0 Å². The first kappa shape index (κ1) is 13.5. The van der Waals surface area contributed by atoms with Crippen LogP contribution in [0.25, 0.3) is 0 Å². The molecule has 0 spiro atoms. The van der Waals surface area contributed by atoms with Crippen molar-refractivity contribution in [3.63, 3.8) is 0 Å². The molecule has 15 heavy (non-hydrogen) atoms. The zero-order valence-corrected chi connectivity index (χ0v) is 11.5. The first-order valence-electron chi connectivity index (χ1n) is 4.36. The molecule has 0 unspecified atom stereocenters. The molecule has 0 aliphatic carbocycles. The molecule has 4 nitrogen and oxygen atoms in total. The van der Waals surface area contributed by atoms with Crippen LogP contribution in [0.1, 0.15) is 0 Å². The maximum absolute atomic E-state index is 12.0. The molecule has 2 heterocycles. The molecule has 1 aromatic rings. The Labute approximate surface area is 127 Å². The molecule has 0 saturated carbocycles. The second-order valence-corrected chi connectivity index (χ2v) is 3.53. The van der Waals surface area contributed by atoms with Gasteiger partial charge < -0.3 is 17.8 Å². The zero-order valence-electron chi connectivity index (χ0n) is 8.33. The van der Waals surface area contributed by atoms with Crippen LogP contribution in [-0.4, -0.2) is 35.2 Å². The summed E-state index contributed by atoms with van der Waals surface area (Å²) >= 11 is 0. The van der Waals surface area contributed by atoms with Crippen LogP contribution in [0.5, 0.6) is 0 Å². The minimum absolute atomic E-state index is 0. The van der Waals surface area contributed by atoms with Gasteiger partial charge in [-0.1, -0.05) is 6.32 Å². The summed E-state index contributed by atoms with van der Waals surface area (Å²) in [6, 6.07) is 0. The van der Waals surface area contributed by atoms with Crippen LogP contribution in [0.3, 0.4) is 0 Å².